The van der Waals surface area contributed by atoms with E-state index in [4.69, 9.17) is 4.74 Å². The van der Waals surface area contributed by atoms with E-state index in [1.165, 1.54) is 38.5 Å². The van der Waals surface area contributed by atoms with Crippen molar-refractivity contribution in [2.45, 2.75) is 51.6 Å². The number of aliphatic imine (C=N–C) groups is 1. The van der Waals surface area contributed by atoms with Crippen LogP contribution in [-0.2, 0) is 4.74 Å². The molecule has 0 aromatic heterocycles. The Hall–Kier alpha value is 0.310. The van der Waals surface area contributed by atoms with E-state index in [1.807, 2.05) is 11.8 Å². The molecule has 0 radical (unpaired) electrons. The molecule has 0 unspecified atom stereocenters. The van der Waals surface area contributed by atoms with Crippen molar-refractivity contribution in [1.82, 2.24) is 10.6 Å². The van der Waals surface area contributed by atoms with Crippen LogP contribution in [0.5, 0.6) is 0 Å². The number of nitrogens with one attached hydrogen (secondary N) is 2. The summed E-state index contributed by atoms with van der Waals surface area (Å²) in [6.07, 6.45) is 10.5. The first-order chi connectivity index (χ1) is 9.86. The maximum absolute atomic E-state index is 5.95. The summed E-state index contributed by atoms with van der Waals surface area (Å²) in [5.41, 5.74) is 0. The van der Waals surface area contributed by atoms with Crippen LogP contribution >= 0.6 is 35.7 Å². The van der Waals surface area contributed by atoms with Gasteiger partial charge in [0.15, 0.2) is 5.96 Å². The zero-order valence-electron chi connectivity index (χ0n) is 13.5. The molecule has 0 atom stereocenters. The maximum atomic E-state index is 5.95. The van der Waals surface area contributed by atoms with E-state index in [-0.39, 0.29) is 24.0 Å². The Kier molecular flexibility index (Phi) is 15.4. The van der Waals surface area contributed by atoms with Gasteiger partial charge in [0.05, 0.1) is 19.3 Å². The van der Waals surface area contributed by atoms with Gasteiger partial charge in [-0.1, -0.05) is 25.7 Å². The Morgan fingerprint density at radius 3 is 2.52 bits per heavy atom. The number of hydrogen-bond acceptors (Lipinski definition) is 3. The monoisotopic (exact) mass is 429 g/mol. The molecule has 4 nitrogen and oxygen atoms in total. The van der Waals surface area contributed by atoms with Crippen molar-refractivity contribution in [1.29, 1.82) is 0 Å². The van der Waals surface area contributed by atoms with Crippen molar-refractivity contribution in [3.63, 3.8) is 0 Å². The molecule has 0 amide bonds. The minimum Gasteiger partial charge on any atom is -0.376 e. The molecule has 2 N–H and O–H groups in total. The third-order valence-corrected chi connectivity index (χ3v) is 4.07. The molecule has 0 aliphatic heterocycles. The summed E-state index contributed by atoms with van der Waals surface area (Å²) in [5, 5.41) is 6.60. The fourth-order valence-electron chi connectivity index (χ4n) is 2.40. The molecular formula is C15H32IN3OS. The van der Waals surface area contributed by atoms with E-state index >= 15 is 0 Å². The minimum atomic E-state index is 0. The normalized spacial score (nSPS) is 17.0. The fraction of sp³-hybridized carbons (Fsp3) is 0.933. The van der Waals surface area contributed by atoms with E-state index < -0.39 is 0 Å². The van der Waals surface area contributed by atoms with Gasteiger partial charge in [0, 0.05) is 18.8 Å². The minimum absolute atomic E-state index is 0. The first-order valence-corrected chi connectivity index (χ1v) is 9.39. The lowest BCUT2D eigenvalue weighted by Crippen LogP contribution is -2.38. The molecule has 0 aromatic rings. The van der Waals surface area contributed by atoms with Gasteiger partial charge in [0.25, 0.3) is 0 Å². The summed E-state index contributed by atoms with van der Waals surface area (Å²) in [5.74, 6) is 2.01. The van der Waals surface area contributed by atoms with Crippen LogP contribution in [0.1, 0.15) is 45.4 Å². The third-order valence-electron chi connectivity index (χ3n) is 3.46. The van der Waals surface area contributed by atoms with Crippen molar-refractivity contribution in [2.24, 2.45) is 4.99 Å². The molecule has 6 heteroatoms. The summed E-state index contributed by atoms with van der Waals surface area (Å²) >= 11 is 1.84. The Morgan fingerprint density at radius 2 is 1.90 bits per heavy atom. The lowest BCUT2D eigenvalue weighted by Gasteiger charge is -2.15. The smallest absolute Gasteiger partial charge is 0.191 e. The highest BCUT2D eigenvalue weighted by Crippen LogP contribution is 2.19. The molecule has 21 heavy (non-hydrogen) atoms. The summed E-state index contributed by atoms with van der Waals surface area (Å²) in [6, 6.07) is 0. The van der Waals surface area contributed by atoms with Crippen LogP contribution in [0.2, 0.25) is 0 Å². The second-order valence-electron chi connectivity index (χ2n) is 5.16. The second-order valence-corrected chi connectivity index (χ2v) is 6.15. The Bertz CT molecular complexity index is 259. The Labute approximate surface area is 151 Å². The number of hydrogen-bond donors (Lipinski definition) is 2. The predicted octanol–water partition coefficient (Wildman–Crippen LogP) is 3.26. The topological polar surface area (TPSA) is 45.7 Å². The molecule has 1 rings (SSSR count). The van der Waals surface area contributed by atoms with Crippen LogP contribution in [0, 0.1) is 0 Å². The fourth-order valence-corrected chi connectivity index (χ4v) is 2.70. The number of halogens is 1. The summed E-state index contributed by atoms with van der Waals surface area (Å²) in [6.45, 7) is 5.42. The third kappa shape index (κ3) is 11.5. The summed E-state index contributed by atoms with van der Waals surface area (Å²) in [4.78, 5) is 4.55. The summed E-state index contributed by atoms with van der Waals surface area (Å²) < 4.78 is 5.95. The molecular weight excluding hydrogens is 397 g/mol. The Balaban J connectivity index is 0.00000400. The average molecular weight is 429 g/mol. The van der Waals surface area contributed by atoms with Gasteiger partial charge in [-0.15, -0.1) is 24.0 Å². The van der Waals surface area contributed by atoms with E-state index in [0.29, 0.717) is 6.10 Å². The molecule has 1 saturated carbocycles. The predicted molar refractivity (Wildman–Crippen MR) is 105 cm³/mol. The van der Waals surface area contributed by atoms with Gasteiger partial charge in [0.1, 0.15) is 0 Å². The molecule has 126 valence electrons. The first kappa shape index (κ1) is 21.3. The standard InChI is InChI=1S/C15H31N3OS.HI/c1-3-16-15(18-11-13-20-2)17-10-12-19-14-8-6-4-5-7-9-14;/h14H,3-13H2,1-2H3,(H2,16,17,18);1H. The van der Waals surface area contributed by atoms with Gasteiger partial charge in [-0.2, -0.15) is 11.8 Å². The van der Waals surface area contributed by atoms with Crippen molar-refractivity contribution >= 4 is 41.7 Å². The Morgan fingerprint density at radius 1 is 1.19 bits per heavy atom. The van der Waals surface area contributed by atoms with Crippen molar-refractivity contribution in [3.8, 4) is 0 Å². The highest BCUT2D eigenvalue weighted by molar-refractivity contribution is 14.0. The van der Waals surface area contributed by atoms with Crippen LogP contribution in [0.15, 0.2) is 4.99 Å². The number of nitrogens with zero attached hydrogens (tertiary/aromatic N) is 1. The number of ether oxygens (including phenoxy) is 1. The zero-order valence-corrected chi connectivity index (χ0v) is 16.7. The van der Waals surface area contributed by atoms with Crippen LogP contribution < -0.4 is 10.6 Å². The maximum Gasteiger partial charge on any atom is 0.191 e. The van der Waals surface area contributed by atoms with E-state index in [9.17, 15) is 0 Å². The molecule has 0 heterocycles. The molecule has 0 bridgehead atoms. The van der Waals surface area contributed by atoms with Gasteiger partial charge in [-0.3, -0.25) is 4.99 Å². The number of rotatable bonds is 8. The highest BCUT2D eigenvalue weighted by atomic mass is 127. The largest absolute Gasteiger partial charge is 0.376 e. The second kappa shape index (κ2) is 15.2. The van der Waals surface area contributed by atoms with Crippen LogP contribution in [-0.4, -0.2) is 50.3 Å². The first-order valence-electron chi connectivity index (χ1n) is 7.99. The summed E-state index contributed by atoms with van der Waals surface area (Å²) in [7, 11) is 0. The molecule has 1 aliphatic rings. The molecule has 0 saturated heterocycles. The molecule has 0 aromatic carbocycles. The van der Waals surface area contributed by atoms with Gasteiger partial charge in [0.2, 0.25) is 0 Å². The zero-order chi connectivity index (χ0) is 14.5. The SMILES string of the molecule is CCNC(=NCCOC1CCCCCC1)NCCSC.I. The van der Waals surface area contributed by atoms with E-state index in [0.717, 1.165) is 38.0 Å². The average Bonchev–Trinajstić information content (AvgIpc) is 2.72. The highest BCUT2D eigenvalue weighted by Gasteiger charge is 2.11. The van der Waals surface area contributed by atoms with E-state index in [1.54, 1.807) is 0 Å². The molecule has 0 spiro atoms. The van der Waals surface area contributed by atoms with Gasteiger partial charge in [-0.25, -0.2) is 0 Å². The quantitative estimate of drug-likeness (QED) is 0.204. The molecule has 1 fully saturated rings. The van der Waals surface area contributed by atoms with Gasteiger partial charge >= 0.3 is 0 Å². The number of guanidine groups is 1. The van der Waals surface area contributed by atoms with Gasteiger partial charge in [-0.05, 0) is 26.0 Å². The van der Waals surface area contributed by atoms with E-state index in [2.05, 4.69) is 28.8 Å². The van der Waals surface area contributed by atoms with Crippen molar-refractivity contribution in [2.75, 3.05) is 38.2 Å². The van der Waals surface area contributed by atoms with Crippen molar-refractivity contribution in [3.05, 3.63) is 0 Å². The van der Waals surface area contributed by atoms with Gasteiger partial charge < -0.3 is 15.4 Å². The lowest BCUT2D eigenvalue weighted by atomic mass is 10.1. The van der Waals surface area contributed by atoms with Crippen molar-refractivity contribution < 1.29 is 4.74 Å². The van der Waals surface area contributed by atoms with Crippen LogP contribution in [0.25, 0.3) is 0 Å². The van der Waals surface area contributed by atoms with Crippen LogP contribution in [0.4, 0.5) is 0 Å². The lowest BCUT2D eigenvalue weighted by molar-refractivity contribution is 0.0487. The van der Waals surface area contributed by atoms with Crippen LogP contribution in [0.3, 0.4) is 0 Å². The molecule has 1 aliphatic carbocycles. The number of thioether (sulfide) groups is 1.